The van der Waals surface area contributed by atoms with Crippen molar-refractivity contribution in [2.45, 2.75) is 45.6 Å². The molecule has 1 N–H and O–H groups in total. The summed E-state index contributed by atoms with van der Waals surface area (Å²) in [4.78, 5) is 12.0. The Morgan fingerprint density at radius 3 is 2.31 bits per heavy atom. The van der Waals surface area contributed by atoms with Gasteiger partial charge in [-0.2, -0.15) is 0 Å². The van der Waals surface area contributed by atoms with Gasteiger partial charge in [0.1, 0.15) is 0 Å². The molecule has 1 aromatic rings. The predicted octanol–water partition coefficient (Wildman–Crippen LogP) is 3.09. The fourth-order valence-corrected chi connectivity index (χ4v) is 1.70. The van der Waals surface area contributed by atoms with Crippen LogP contribution in [0.5, 0.6) is 0 Å². The molecule has 0 aliphatic carbocycles. The number of amides is 1. The first kappa shape index (κ1) is 12.8. The Bertz CT molecular complexity index is 321. The van der Waals surface area contributed by atoms with Crippen molar-refractivity contribution in [3.05, 3.63) is 35.9 Å². The van der Waals surface area contributed by atoms with E-state index in [0.717, 1.165) is 18.4 Å². The van der Waals surface area contributed by atoms with Crippen LogP contribution in [0.4, 0.5) is 0 Å². The summed E-state index contributed by atoms with van der Waals surface area (Å²) in [5, 5.41) is 3.04. The summed E-state index contributed by atoms with van der Waals surface area (Å²) >= 11 is 0. The molecule has 2 atom stereocenters. The topological polar surface area (TPSA) is 29.1 Å². The van der Waals surface area contributed by atoms with Gasteiger partial charge in [0, 0.05) is 6.04 Å². The smallest absolute Gasteiger partial charge is 0.227 e. The molecule has 2 nitrogen and oxygen atoms in total. The highest BCUT2D eigenvalue weighted by Gasteiger charge is 2.19. The molecule has 0 spiro atoms. The van der Waals surface area contributed by atoms with Gasteiger partial charge in [0.25, 0.3) is 0 Å². The molecule has 16 heavy (non-hydrogen) atoms. The van der Waals surface area contributed by atoms with E-state index in [1.54, 1.807) is 0 Å². The van der Waals surface area contributed by atoms with Gasteiger partial charge in [-0.15, -0.1) is 0 Å². The standard InChI is InChI=1S/C14H21NO/c1-4-11(3)15-14(16)13(5-2)12-9-7-6-8-10-12/h6-11,13H,4-5H2,1-3H3,(H,15,16)/t11-,13?/m1/s1. The lowest BCUT2D eigenvalue weighted by molar-refractivity contribution is -0.123. The molecular formula is C14H21NO. The lowest BCUT2D eigenvalue weighted by Gasteiger charge is -2.18. The van der Waals surface area contributed by atoms with E-state index in [1.807, 2.05) is 44.2 Å². The van der Waals surface area contributed by atoms with Gasteiger partial charge >= 0.3 is 0 Å². The van der Waals surface area contributed by atoms with Gasteiger partial charge in [0.15, 0.2) is 0 Å². The molecule has 1 amide bonds. The Balaban J connectivity index is 2.71. The lowest BCUT2D eigenvalue weighted by atomic mass is 9.95. The van der Waals surface area contributed by atoms with Gasteiger partial charge in [-0.25, -0.2) is 0 Å². The van der Waals surface area contributed by atoms with Crippen molar-refractivity contribution in [3.8, 4) is 0 Å². The number of hydrogen-bond donors (Lipinski definition) is 1. The van der Waals surface area contributed by atoms with Gasteiger partial charge in [-0.3, -0.25) is 4.79 Å². The number of hydrogen-bond acceptors (Lipinski definition) is 1. The van der Waals surface area contributed by atoms with Crippen LogP contribution in [-0.2, 0) is 4.79 Å². The Labute approximate surface area is 98.1 Å². The summed E-state index contributed by atoms with van der Waals surface area (Å²) in [6.07, 6.45) is 1.81. The Morgan fingerprint density at radius 2 is 1.81 bits per heavy atom. The van der Waals surface area contributed by atoms with Gasteiger partial charge < -0.3 is 5.32 Å². The van der Waals surface area contributed by atoms with Crippen LogP contribution in [-0.4, -0.2) is 11.9 Å². The molecule has 1 rings (SSSR count). The molecule has 0 saturated carbocycles. The van der Waals surface area contributed by atoms with Crippen LogP contribution >= 0.6 is 0 Å². The fourth-order valence-electron chi connectivity index (χ4n) is 1.70. The van der Waals surface area contributed by atoms with E-state index in [4.69, 9.17) is 0 Å². The zero-order valence-electron chi connectivity index (χ0n) is 10.4. The molecule has 0 heterocycles. The SMILES string of the molecule is CCC(C(=O)N[C@H](C)CC)c1ccccc1. The third-order valence-electron chi connectivity index (χ3n) is 2.93. The first-order chi connectivity index (χ1) is 7.69. The summed E-state index contributed by atoms with van der Waals surface area (Å²) in [5.41, 5.74) is 1.10. The van der Waals surface area contributed by atoms with Crippen molar-refractivity contribution in [3.63, 3.8) is 0 Å². The van der Waals surface area contributed by atoms with E-state index < -0.39 is 0 Å². The molecule has 88 valence electrons. The number of carbonyl (C=O) groups is 1. The lowest BCUT2D eigenvalue weighted by Crippen LogP contribution is -2.35. The zero-order valence-corrected chi connectivity index (χ0v) is 10.4. The molecule has 0 saturated heterocycles. The van der Waals surface area contributed by atoms with Gasteiger partial charge in [0.05, 0.1) is 5.92 Å². The van der Waals surface area contributed by atoms with Crippen molar-refractivity contribution in [1.82, 2.24) is 5.32 Å². The van der Waals surface area contributed by atoms with E-state index in [0.29, 0.717) is 0 Å². The number of rotatable bonds is 5. The van der Waals surface area contributed by atoms with E-state index in [-0.39, 0.29) is 17.9 Å². The highest BCUT2D eigenvalue weighted by atomic mass is 16.1. The van der Waals surface area contributed by atoms with E-state index in [2.05, 4.69) is 12.2 Å². The first-order valence-corrected chi connectivity index (χ1v) is 6.04. The molecule has 0 bridgehead atoms. The number of benzene rings is 1. The van der Waals surface area contributed by atoms with Crippen molar-refractivity contribution in [1.29, 1.82) is 0 Å². The summed E-state index contributed by atoms with van der Waals surface area (Å²) in [6.45, 7) is 6.16. The second kappa shape index (κ2) is 6.31. The van der Waals surface area contributed by atoms with Gasteiger partial charge in [0.2, 0.25) is 5.91 Å². The maximum atomic E-state index is 12.0. The molecule has 0 aromatic heterocycles. The minimum atomic E-state index is -0.0183. The molecule has 0 aliphatic heterocycles. The Kier molecular flexibility index (Phi) is 5.03. The normalized spacial score (nSPS) is 14.2. The van der Waals surface area contributed by atoms with Crippen LogP contribution in [0.15, 0.2) is 30.3 Å². The van der Waals surface area contributed by atoms with E-state index >= 15 is 0 Å². The maximum Gasteiger partial charge on any atom is 0.227 e. The van der Waals surface area contributed by atoms with Crippen molar-refractivity contribution in [2.24, 2.45) is 0 Å². The Hall–Kier alpha value is -1.31. The summed E-state index contributed by atoms with van der Waals surface area (Å²) in [7, 11) is 0. The molecule has 1 unspecified atom stereocenters. The average Bonchev–Trinajstić information content (AvgIpc) is 2.31. The van der Waals surface area contributed by atoms with E-state index in [9.17, 15) is 4.79 Å². The van der Waals surface area contributed by atoms with Crippen LogP contribution in [0.1, 0.15) is 45.1 Å². The minimum Gasteiger partial charge on any atom is -0.353 e. The fraction of sp³-hybridized carbons (Fsp3) is 0.500. The highest BCUT2D eigenvalue weighted by Crippen LogP contribution is 2.19. The zero-order chi connectivity index (χ0) is 12.0. The third kappa shape index (κ3) is 3.37. The first-order valence-electron chi connectivity index (χ1n) is 6.04. The molecular weight excluding hydrogens is 198 g/mol. The van der Waals surface area contributed by atoms with Crippen LogP contribution < -0.4 is 5.32 Å². The largest absolute Gasteiger partial charge is 0.353 e. The molecule has 2 heteroatoms. The summed E-state index contributed by atoms with van der Waals surface area (Å²) in [5.74, 6) is 0.123. The second-order valence-electron chi connectivity index (χ2n) is 4.19. The third-order valence-corrected chi connectivity index (χ3v) is 2.93. The molecule has 1 aromatic carbocycles. The van der Waals surface area contributed by atoms with Crippen molar-refractivity contribution in [2.75, 3.05) is 0 Å². The minimum absolute atomic E-state index is 0.0183. The van der Waals surface area contributed by atoms with E-state index in [1.165, 1.54) is 0 Å². The molecule has 0 aliphatic rings. The van der Waals surface area contributed by atoms with Crippen molar-refractivity contribution < 1.29 is 4.79 Å². The summed E-state index contributed by atoms with van der Waals surface area (Å²) < 4.78 is 0. The van der Waals surface area contributed by atoms with Crippen LogP contribution in [0.25, 0.3) is 0 Å². The number of carbonyl (C=O) groups excluding carboxylic acids is 1. The summed E-state index contributed by atoms with van der Waals surface area (Å²) in [6, 6.07) is 10.2. The van der Waals surface area contributed by atoms with Crippen LogP contribution in [0.3, 0.4) is 0 Å². The quantitative estimate of drug-likeness (QED) is 0.810. The predicted molar refractivity (Wildman–Crippen MR) is 67.4 cm³/mol. The van der Waals surface area contributed by atoms with Crippen molar-refractivity contribution >= 4 is 5.91 Å². The van der Waals surface area contributed by atoms with Gasteiger partial charge in [-0.05, 0) is 25.3 Å². The number of nitrogens with one attached hydrogen (secondary N) is 1. The molecule has 0 fully saturated rings. The second-order valence-corrected chi connectivity index (χ2v) is 4.19. The Morgan fingerprint density at radius 1 is 1.19 bits per heavy atom. The maximum absolute atomic E-state index is 12.0. The molecule has 0 radical (unpaired) electrons. The average molecular weight is 219 g/mol. The van der Waals surface area contributed by atoms with Gasteiger partial charge in [-0.1, -0.05) is 44.2 Å². The van der Waals surface area contributed by atoms with Crippen LogP contribution in [0, 0.1) is 0 Å². The monoisotopic (exact) mass is 219 g/mol. The van der Waals surface area contributed by atoms with Crippen LogP contribution in [0.2, 0.25) is 0 Å². The highest BCUT2D eigenvalue weighted by molar-refractivity contribution is 5.83.